The number of nitrogens with one attached hydrogen (secondary N) is 2. The van der Waals surface area contributed by atoms with Gasteiger partial charge in [0.15, 0.2) is 5.96 Å². The summed E-state index contributed by atoms with van der Waals surface area (Å²) in [6.07, 6.45) is 1.07. The molecule has 0 heterocycles. The fourth-order valence-electron chi connectivity index (χ4n) is 2.09. The van der Waals surface area contributed by atoms with Crippen LogP contribution in [0.5, 0.6) is 11.5 Å². The number of ether oxygens (including phenoxy) is 2. The van der Waals surface area contributed by atoms with E-state index in [2.05, 4.69) is 41.5 Å². The Kier molecular flexibility index (Phi) is 12.4. The lowest BCUT2D eigenvalue weighted by atomic mass is 10.2. The summed E-state index contributed by atoms with van der Waals surface area (Å²) in [7, 11) is 7.46. The molecule has 0 aliphatic carbocycles. The van der Waals surface area contributed by atoms with E-state index in [4.69, 9.17) is 9.47 Å². The molecule has 0 aromatic heterocycles. The molecule has 0 atom stereocenters. The minimum Gasteiger partial charge on any atom is -0.497 e. The Morgan fingerprint density at radius 3 is 2.50 bits per heavy atom. The smallest absolute Gasteiger partial charge is 0.191 e. The summed E-state index contributed by atoms with van der Waals surface area (Å²) >= 11 is 0. The molecule has 0 bridgehead atoms. The van der Waals surface area contributed by atoms with Gasteiger partial charge in [-0.15, -0.1) is 24.0 Å². The van der Waals surface area contributed by atoms with Gasteiger partial charge in [0.25, 0.3) is 0 Å². The molecule has 1 aromatic carbocycles. The monoisotopic (exact) mass is 450 g/mol. The lowest BCUT2D eigenvalue weighted by Gasteiger charge is -2.14. The molecule has 7 heteroatoms. The Morgan fingerprint density at radius 2 is 1.92 bits per heavy atom. The average Bonchev–Trinajstić information content (AvgIpc) is 2.55. The van der Waals surface area contributed by atoms with Crippen LogP contribution in [0.3, 0.4) is 0 Å². The number of aliphatic imine (C=N–C) groups is 1. The van der Waals surface area contributed by atoms with E-state index in [1.54, 1.807) is 14.2 Å². The van der Waals surface area contributed by atoms with Crippen LogP contribution in [0.2, 0.25) is 0 Å². The third-order valence-corrected chi connectivity index (χ3v) is 3.32. The van der Waals surface area contributed by atoms with Gasteiger partial charge in [-0.1, -0.05) is 0 Å². The first-order valence-corrected chi connectivity index (χ1v) is 7.98. The zero-order chi connectivity index (χ0) is 17.1. The van der Waals surface area contributed by atoms with Crippen LogP contribution in [0.1, 0.15) is 18.9 Å². The minimum atomic E-state index is 0. The Labute approximate surface area is 163 Å². The first kappa shape index (κ1) is 22.8. The molecule has 0 aliphatic rings. The second kappa shape index (κ2) is 13.1. The fraction of sp³-hybridized carbons (Fsp3) is 0.588. The van der Waals surface area contributed by atoms with Crippen molar-refractivity contribution in [3.63, 3.8) is 0 Å². The third kappa shape index (κ3) is 8.58. The standard InChI is InChI=1S/C17H30N4O2.HI/c1-6-18-17(19-10-7-11-21(2)3)20-13-14-8-9-15(22-4)12-16(14)23-5;/h8-9,12H,6-7,10-11,13H2,1-5H3,(H2,18,19,20);1H. The van der Waals surface area contributed by atoms with E-state index in [1.807, 2.05) is 18.2 Å². The van der Waals surface area contributed by atoms with E-state index in [1.165, 1.54) is 0 Å². The van der Waals surface area contributed by atoms with Gasteiger partial charge >= 0.3 is 0 Å². The van der Waals surface area contributed by atoms with Crippen molar-refractivity contribution in [3.05, 3.63) is 23.8 Å². The first-order valence-electron chi connectivity index (χ1n) is 7.98. The van der Waals surface area contributed by atoms with Crippen LogP contribution >= 0.6 is 24.0 Å². The van der Waals surface area contributed by atoms with Crippen LogP contribution < -0.4 is 20.1 Å². The van der Waals surface area contributed by atoms with Crippen molar-refractivity contribution in [1.29, 1.82) is 0 Å². The van der Waals surface area contributed by atoms with Crippen LogP contribution in [0.25, 0.3) is 0 Å². The maximum absolute atomic E-state index is 5.41. The molecule has 0 spiro atoms. The van der Waals surface area contributed by atoms with Gasteiger partial charge in [0.2, 0.25) is 0 Å². The lowest BCUT2D eigenvalue weighted by molar-refractivity contribution is 0.391. The van der Waals surface area contributed by atoms with Crippen molar-refractivity contribution in [2.24, 2.45) is 4.99 Å². The van der Waals surface area contributed by atoms with Crippen LogP contribution in [-0.2, 0) is 6.54 Å². The molecule has 0 saturated heterocycles. The van der Waals surface area contributed by atoms with Crippen molar-refractivity contribution >= 4 is 29.9 Å². The highest BCUT2D eigenvalue weighted by Crippen LogP contribution is 2.25. The number of methoxy groups -OCH3 is 2. The van der Waals surface area contributed by atoms with E-state index in [0.717, 1.165) is 49.1 Å². The molecule has 6 nitrogen and oxygen atoms in total. The number of guanidine groups is 1. The zero-order valence-corrected chi connectivity index (χ0v) is 17.7. The van der Waals surface area contributed by atoms with Gasteiger partial charge in [-0.25, -0.2) is 4.99 Å². The average molecular weight is 450 g/mol. The molecule has 0 amide bonds. The third-order valence-electron chi connectivity index (χ3n) is 3.32. The fourth-order valence-corrected chi connectivity index (χ4v) is 2.09. The van der Waals surface area contributed by atoms with Crippen LogP contribution in [0.4, 0.5) is 0 Å². The maximum atomic E-state index is 5.41. The van der Waals surface area contributed by atoms with Crippen molar-refractivity contribution in [2.75, 3.05) is 47.9 Å². The highest BCUT2D eigenvalue weighted by molar-refractivity contribution is 14.0. The summed E-state index contributed by atoms with van der Waals surface area (Å²) < 4.78 is 10.6. The van der Waals surface area contributed by atoms with E-state index < -0.39 is 0 Å². The Balaban J connectivity index is 0.00000529. The number of halogens is 1. The van der Waals surface area contributed by atoms with E-state index in [0.29, 0.717) is 6.54 Å². The Morgan fingerprint density at radius 1 is 1.17 bits per heavy atom. The number of rotatable bonds is 9. The summed E-state index contributed by atoms with van der Waals surface area (Å²) in [5.74, 6) is 2.39. The van der Waals surface area contributed by atoms with Gasteiger partial charge in [0.1, 0.15) is 11.5 Å². The maximum Gasteiger partial charge on any atom is 0.191 e. The molecule has 1 aromatic rings. The molecule has 0 aliphatic heterocycles. The zero-order valence-electron chi connectivity index (χ0n) is 15.4. The van der Waals surface area contributed by atoms with Crippen LogP contribution in [0, 0.1) is 0 Å². The number of hydrogen-bond donors (Lipinski definition) is 2. The van der Waals surface area contributed by atoms with Gasteiger partial charge < -0.3 is 25.0 Å². The molecule has 138 valence electrons. The highest BCUT2D eigenvalue weighted by atomic mass is 127. The van der Waals surface area contributed by atoms with E-state index in [9.17, 15) is 0 Å². The molecule has 24 heavy (non-hydrogen) atoms. The largest absolute Gasteiger partial charge is 0.497 e. The second-order valence-corrected chi connectivity index (χ2v) is 5.46. The van der Waals surface area contributed by atoms with E-state index in [-0.39, 0.29) is 24.0 Å². The number of nitrogens with zero attached hydrogens (tertiary/aromatic N) is 2. The van der Waals surface area contributed by atoms with Crippen molar-refractivity contribution in [3.8, 4) is 11.5 Å². The predicted octanol–water partition coefficient (Wildman–Crippen LogP) is 2.33. The molecular weight excluding hydrogens is 419 g/mol. The molecule has 0 radical (unpaired) electrons. The molecular formula is C17H31IN4O2. The van der Waals surface area contributed by atoms with Crippen molar-refractivity contribution in [1.82, 2.24) is 15.5 Å². The van der Waals surface area contributed by atoms with E-state index >= 15 is 0 Å². The van der Waals surface area contributed by atoms with Gasteiger partial charge in [0, 0.05) is 24.7 Å². The first-order chi connectivity index (χ1) is 11.1. The van der Waals surface area contributed by atoms with Gasteiger partial charge in [0.05, 0.1) is 20.8 Å². The normalized spacial score (nSPS) is 11.0. The molecule has 0 fully saturated rings. The van der Waals surface area contributed by atoms with Gasteiger partial charge in [-0.05, 0) is 46.1 Å². The van der Waals surface area contributed by atoms with Crippen LogP contribution in [0.15, 0.2) is 23.2 Å². The van der Waals surface area contributed by atoms with Gasteiger partial charge in [-0.3, -0.25) is 0 Å². The Hall–Kier alpha value is -1.22. The summed E-state index contributed by atoms with van der Waals surface area (Å²) in [6.45, 7) is 5.39. The number of hydrogen-bond acceptors (Lipinski definition) is 4. The summed E-state index contributed by atoms with van der Waals surface area (Å²) in [6, 6.07) is 5.78. The summed E-state index contributed by atoms with van der Waals surface area (Å²) in [5, 5.41) is 6.61. The molecule has 1 rings (SSSR count). The summed E-state index contributed by atoms with van der Waals surface area (Å²) in [5.41, 5.74) is 1.03. The minimum absolute atomic E-state index is 0. The topological polar surface area (TPSA) is 58.1 Å². The SMILES string of the molecule is CCNC(=NCc1ccc(OC)cc1OC)NCCCN(C)C.I. The van der Waals surface area contributed by atoms with Crippen LogP contribution in [-0.4, -0.2) is 58.8 Å². The van der Waals surface area contributed by atoms with Crippen molar-refractivity contribution < 1.29 is 9.47 Å². The predicted molar refractivity (Wildman–Crippen MR) is 111 cm³/mol. The highest BCUT2D eigenvalue weighted by Gasteiger charge is 2.05. The quantitative estimate of drug-likeness (QED) is 0.262. The summed E-state index contributed by atoms with van der Waals surface area (Å²) in [4.78, 5) is 6.80. The number of benzene rings is 1. The molecule has 0 unspecified atom stereocenters. The Bertz CT molecular complexity index is 495. The molecule has 2 N–H and O–H groups in total. The lowest BCUT2D eigenvalue weighted by Crippen LogP contribution is -2.38. The second-order valence-electron chi connectivity index (χ2n) is 5.46. The molecule has 0 saturated carbocycles. The van der Waals surface area contributed by atoms with Gasteiger partial charge in [-0.2, -0.15) is 0 Å². The van der Waals surface area contributed by atoms with Crippen molar-refractivity contribution in [2.45, 2.75) is 19.9 Å².